The van der Waals surface area contributed by atoms with Crippen molar-refractivity contribution >= 4 is 23.2 Å². The summed E-state index contributed by atoms with van der Waals surface area (Å²) in [7, 11) is 0. The van der Waals surface area contributed by atoms with Crippen LogP contribution in [0.2, 0.25) is 5.02 Å². The minimum absolute atomic E-state index is 0.00597. The molecule has 0 aliphatic heterocycles. The fourth-order valence-corrected chi connectivity index (χ4v) is 1.31. The average molecular weight is 255 g/mol. The number of rotatable bonds is 4. The topological polar surface area (TPSA) is 72.2 Å². The van der Waals surface area contributed by atoms with Crippen LogP contribution in [0.15, 0.2) is 30.4 Å². The lowest BCUT2D eigenvalue weighted by atomic mass is 10.2. The first-order chi connectivity index (χ1) is 7.91. The summed E-state index contributed by atoms with van der Waals surface area (Å²) in [6.07, 6.45) is 0. The molecule has 1 N–H and O–H groups in total. The molecule has 0 unspecified atom stereocenters. The van der Waals surface area contributed by atoms with Gasteiger partial charge in [-0.15, -0.1) is 0 Å². The third-order valence-corrected chi connectivity index (χ3v) is 2.28. The van der Waals surface area contributed by atoms with Gasteiger partial charge in [0.25, 0.3) is 11.6 Å². The molecule has 0 saturated carbocycles. The van der Waals surface area contributed by atoms with E-state index in [4.69, 9.17) is 11.6 Å². The van der Waals surface area contributed by atoms with Crippen molar-refractivity contribution in [2.45, 2.75) is 6.92 Å². The molecule has 90 valence electrons. The van der Waals surface area contributed by atoms with Crippen molar-refractivity contribution in [1.82, 2.24) is 5.32 Å². The van der Waals surface area contributed by atoms with Crippen LogP contribution >= 0.6 is 11.6 Å². The molecule has 0 aliphatic rings. The van der Waals surface area contributed by atoms with E-state index in [2.05, 4.69) is 11.9 Å². The zero-order valence-electron chi connectivity index (χ0n) is 9.20. The largest absolute Gasteiger partial charge is 0.348 e. The fraction of sp³-hybridized carbons (Fsp3) is 0.182. The van der Waals surface area contributed by atoms with Gasteiger partial charge in [0.2, 0.25) is 0 Å². The number of amides is 1. The van der Waals surface area contributed by atoms with Gasteiger partial charge in [-0.1, -0.05) is 23.8 Å². The van der Waals surface area contributed by atoms with E-state index < -0.39 is 10.8 Å². The quantitative estimate of drug-likeness (QED) is 0.510. The van der Waals surface area contributed by atoms with E-state index in [1.165, 1.54) is 12.1 Å². The number of nitro groups is 1. The van der Waals surface area contributed by atoms with Crippen LogP contribution in [0.25, 0.3) is 0 Å². The lowest BCUT2D eigenvalue weighted by Crippen LogP contribution is -2.24. The summed E-state index contributed by atoms with van der Waals surface area (Å²) < 4.78 is 0. The van der Waals surface area contributed by atoms with Crippen LogP contribution in [0.3, 0.4) is 0 Å². The number of hydrogen-bond donors (Lipinski definition) is 1. The molecule has 0 spiro atoms. The van der Waals surface area contributed by atoms with Crippen LogP contribution in [0.4, 0.5) is 5.69 Å². The molecule has 5 nitrogen and oxygen atoms in total. The number of nitrogens with one attached hydrogen (secondary N) is 1. The van der Waals surface area contributed by atoms with Crippen LogP contribution in [0.5, 0.6) is 0 Å². The van der Waals surface area contributed by atoms with Gasteiger partial charge in [0.05, 0.1) is 4.92 Å². The van der Waals surface area contributed by atoms with E-state index in [-0.39, 0.29) is 16.3 Å². The molecule has 0 saturated heterocycles. The van der Waals surface area contributed by atoms with Crippen molar-refractivity contribution in [3.63, 3.8) is 0 Å². The zero-order valence-corrected chi connectivity index (χ0v) is 9.95. The van der Waals surface area contributed by atoms with Gasteiger partial charge in [-0.2, -0.15) is 0 Å². The third-order valence-electron chi connectivity index (χ3n) is 1.96. The lowest BCUT2D eigenvalue weighted by Gasteiger charge is -2.04. The molecule has 0 heterocycles. The summed E-state index contributed by atoms with van der Waals surface area (Å²) in [6, 6.07) is 3.91. The summed E-state index contributed by atoms with van der Waals surface area (Å²) >= 11 is 5.64. The molecule has 1 aromatic carbocycles. The van der Waals surface area contributed by atoms with Crippen LogP contribution in [-0.4, -0.2) is 17.4 Å². The first kappa shape index (κ1) is 13.2. The molecule has 0 bridgehead atoms. The second-order valence-corrected chi connectivity index (χ2v) is 3.97. The highest BCUT2D eigenvalue weighted by Crippen LogP contribution is 2.24. The Morgan fingerprint density at radius 3 is 2.76 bits per heavy atom. The number of benzene rings is 1. The Kier molecular flexibility index (Phi) is 4.23. The molecule has 1 amide bonds. The second-order valence-electron chi connectivity index (χ2n) is 3.56. The summed E-state index contributed by atoms with van der Waals surface area (Å²) in [5.41, 5.74) is 0.707. The number of hydrogen-bond acceptors (Lipinski definition) is 3. The van der Waals surface area contributed by atoms with Gasteiger partial charge in [0.15, 0.2) is 0 Å². The molecule has 0 fully saturated rings. The van der Waals surface area contributed by atoms with Crippen molar-refractivity contribution in [3.8, 4) is 0 Å². The van der Waals surface area contributed by atoms with E-state index in [0.29, 0.717) is 6.54 Å². The Bertz CT molecular complexity index is 486. The maximum Gasteiger partial charge on any atom is 0.288 e. The molecule has 0 atom stereocenters. The molecular weight excluding hydrogens is 244 g/mol. The highest BCUT2D eigenvalue weighted by atomic mass is 35.5. The van der Waals surface area contributed by atoms with Crippen molar-refractivity contribution in [1.29, 1.82) is 0 Å². The summed E-state index contributed by atoms with van der Waals surface area (Å²) in [4.78, 5) is 21.6. The van der Waals surface area contributed by atoms with Gasteiger partial charge in [0, 0.05) is 18.2 Å². The van der Waals surface area contributed by atoms with Gasteiger partial charge in [-0.25, -0.2) is 0 Å². The first-order valence-corrected chi connectivity index (χ1v) is 5.16. The smallest absolute Gasteiger partial charge is 0.288 e. The molecule has 1 rings (SSSR count). The first-order valence-electron chi connectivity index (χ1n) is 4.78. The lowest BCUT2D eigenvalue weighted by molar-refractivity contribution is -0.384. The SMILES string of the molecule is C=C(C)CNC(=O)c1ccc(Cl)c([N+](=O)[O-])c1. The second kappa shape index (κ2) is 5.45. The highest BCUT2D eigenvalue weighted by molar-refractivity contribution is 6.32. The van der Waals surface area contributed by atoms with Crippen LogP contribution in [0, 0.1) is 10.1 Å². The maximum absolute atomic E-state index is 11.6. The highest BCUT2D eigenvalue weighted by Gasteiger charge is 2.15. The zero-order chi connectivity index (χ0) is 13.0. The third kappa shape index (κ3) is 3.57. The van der Waals surface area contributed by atoms with Crippen LogP contribution in [-0.2, 0) is 0 Å². The van der Waals surface area contributed by atoms with Gasteiger partial charge >= 0.3 is 0 Å². The van der Waals surface area contributed by atoms with Crippen molar-refractivity contribution in [2.24, 2.45) is 0 Å². The Morgan fingerprint density at radius 1 is 1.59 bits per heavy atom. The number of carbonyl (C=O) groups excluding carboxylic acids is 1. The van der Waals surface area contributed by atoms with E-state index in [1.54, 1.807) is 6.92 Å². The Hall–Kier alpha value is -1.88. The molecule has 1 aromatic rings. The van der Waals surface area contributed by atoms with E-state index in [1.807, 2.05) is 0 Å². The van der Waals surface area contributed by atoms with Crippen LogP contribution in [0.1, 0.15) is 17.3 Å². The monoisotopic (exact) mass is 254 g/mol. The average Bonchev–Trinajstić information content (AvgIpc) is 2.26. The predicted molar refractivity (Wildman–Crippen MR) is 65.3 cm³/mol. The number of carbonyl (C=O) groups is 1. The molecular formula is C11H11ClN2O3. The molecule has 6 heteroatoms. The van der Waals surface area contributed by atoms with Gasteiger partial charge in [-0.05, 0) is 19.1 Å². The normalized spacial score (nSPS) is 9.76. The minimum Gasteiger partial charge on any atom is -0.348 e. The summed E-state index contributed by atoms with van der Waals surface area (Å²) in [5.74, 6) is -0.396. The van der Waals surface area contributed by atoms with E-state index >= 15 is 0 Å². The number of nitro benzene ring substituents is 1. The molecule has 0 aliphatic carbocycles. The van der Waals surface area contributed by atoms with E-state index in [9.17, 15) is 14.9 Å². The maximum atomic E-state index is 11.6. The van der Waals surface area contributed by atoms with Crippen molar-refractivity contribution in [3.05, 3.63) is 51.1 Å². The van der Waals surface area contributed by atoms with E-state index in [0.717, 1.165) is 11.6 Å². The predicted octanol–water partition coefficient (Wildman–Crippen LogP) is 2.55. The summed E-state index contributed by atoms with van der Waals surface area (Å²) in [5, 5.41) is 13.2. The molecule has 17 heavy (non-hydrogen) atoms. The number of halogens is 1. The Morgan fingerprint density at radius 2 is 2.24 bits per heavy atom. The van der Waals surface area contributed by atoms with Gasteiger partial charge in [-0.3, -0.25) is 14.9 Å². The number of nitrogens with zero attached hydrogens (tertiary/aromatic N) is 1. The summed E-state index contributed by atoms with van der Waals surface area (Å²) in [6.45, 7) is 5.73. The van der Waals surface area contributed by atoms with Crippen molar-refractivity contribution < 1.29 is 9.72 Å². The van der Waals surface area contributed by atoms with Crippen LogP contribution < -0.4 is 5.32 Å². The van der Waals surface area contributed by atoms with Gasteiger partial charge in [0.1, 0.15) is 5.02 Å². The Balaban J connectivity index is 2.92. The minimum atomic E-state index is -0.627. The standard InChI is InChI=1S/C11H11ClN2O3/c1-7(2)6-13-11(15)8-3-4-9(12)10(5-8)14(16)17/h3-5H,1,6H2,2H3,(H,13,15). The van der Waals surface area contributed by atoms with Crippen molar-refractivity contribution in [2.75, 3.05) is 6.54 Å². The van der Waals surface area contributed by atoms with Gasteiger partial charge < -0.3 is 5.32 Å². The Labute approximate surface area is 103 Å². The molecule has 0 radical (unpaired) electrons. The fourth-order valence-electron chi connectivity index (χ4n) is 1.13. The molecule has 0 aromatic heterocycles.